The number of fused-ring (bicyclic) bond motifs is 2. The largest absolute Gasteiger partial charge is 0.343 e. The molecule has 0 radical (unpaired) electrons. The number of hydrogen-bond acceptors (Lipinski definition) is 12. The highest BCUT2D eigenvalue weighted by Gasteiger charge is 2.43. The molecular formula is C62H96N12O10. The average molecular weight is 1170 g/mol. The van der Waals surface area contributed by atoms with Gasteiger partial charge in [0.15, 0.2) is 0 Å². The van der Waals surface area contributed by atoms with Gasteiger partial charge in [0.2, 0.25) is 59.1 Å². The third-order valence-corrected chi connectivity index (χ3v) is 15.8. The van der Waals surface area contributed by atoms with Crippen molar-refractivity contribution in [3.63, 3.8) is 0 Å². The Kier molecular flexibility index (Phi) is 27.1. The zero-order valence-corrected chi connectivity index (χ0v) is 50.7. The molecule has 0 aromatic heterocycles. The number of amides is 10. The lowest BCUT2D eigenvalue weighted by atomic mass is 9.98. The summed E-state index contributed by atoms with van der Waals surface area (Å²) in [5.41, 5.74) is 13.2. The summed E-state index contributed by atoms with van der Waals surface area (Å²) in [5.74, 6) is -7.61. The van der Waals surface area contributed by atoms with E-state index in [4.69, 9.17) is 11.5 Å². The molecule has 3 aliphatic rings. The molecule has 22 heteroatoms. The molecule has 22 nitrogen and oxygen atoms in total. The predicted molar refractivity (Wildman–Crippen MR) is 320 cm³/mol. The number of benzene rings is 2. The lowest BCUT2D eigenvalue weighted by molar-refractivity contribution is -0.143. The number of nitrogens with zero attached hydrogens (tertiary/aromatic N) is 2. The Labute approximate surface area is 496 Å². The van der Waals surface area contributed by atoms with Crippen molar-refractivity contribution in [1.29, 1.82) is 0 Å². The molecule has 10 amide bonds. The van der Waals surface area contributed by atoms with Crippen LogP contribution in [0.15, 0.2) is 60.7 Å². The monoisotopic (exact) mass is 1170 g/mol. The molecule has 12 N–H and O–H groups in total. The lowest BCUT2D eigenvalue weighted by Crippen LogP contribution is -2.62. The smallest absolute Gasteiger partial charge is 0.246 e. The number of carbonyl (C=O) groups is 10. The minimum Gasteiger partial charge on any atom is -0.343 e. The number of nitrogens with two attached hydrogens (primary N) is 2. The van der Waals surface area contributed by atoms with Gasteiger partial charge >= 0.3 is 0 Å². The first-order valence-corrected chi connectivity index (χ1v) is 30.5. The van der Waals surface area contributed by atoms with Crippen molar-refractivity contribution in [3.8, 4) is 0 Å². The molecule has 0 aliphatic carbocycles. The van der Waals surface area contributed by atoms with Crippen molar-refractivity contribution < 1.29 is 47.9 Å². The van der Waals surface area contributed by atoms with Gasteiger partial charge in [0.25, 0.3) is 0 Å². The molecule has 10 atom stereocenters. The SMILES string of the molecule is CC(C)C[C@@H]1NC(=O)[C@@H](CCCCN)NC(=O)[C@H](C(C)C)NC(=O)[C@@H]2CCCN2C(=O)[C@@H](Cc2ccccc2)NC(=O)[C@H](CC(C)C)NC(=O)[C@@H](CCCCN)NC(=O)[C@H](C(C)C)NC(=O)[C@@H]2CCCN2C(=O)[C@@H](Cc2ccccc2)NC1=O. The predicted octanol–water partition coefficient (Wildman–Crippen LogP) is 2.01. The summed E-state index contributed by atoms with van der Waals surface area (Å²) in [6.45, 7) is 15.4. The van der Waals surface area contributed by atoms with Crippen molar-refractivity contribution in [2.45, 2.75) is 206 Å². The van der Waals surface area contributed by atoms with Crippen LogP contribution >= 0.6 is 0 Å². The van der Waals surface area contributed by atoms with Crippen LogP contribution in [0.4, 0.5) is 0 Å². The molecule has 0 spiro atoms. The van der Waals surface area contributed by atoms with Crippen LogP contribution in [0.2, 0.25) is 0 Å². The van der Waals surface area contributed by atoms with Crippen LogP contribution in [-0.2, 0) is 60.8 Å². The second-order valence-corrected chi connectivity index (χ2v) is 24.4. The maximum atomic E-state index is 15.0. The van der Waals surface area contributed by atoms with Crippen molar-refractivity contribution >= 4 is 59.1 Å². The Morgan fingerprint density at radius 3 is 1.05 bits per heavy atom. The Hall–Kier alpha value is -6.94. The molecule has 3 saturated heterocycles. The minimum atomic E-state index is -1.21. The van der Waals surface area contributed by atoms with Crippen LogP contribution in [0.5, 0.6) is 0 Å². The summed E-state index contributed by atoms with van der Waals surface area (Å²) in [5, 5.41) is 23.1. The van der Waals surface area contributed by atoms with Gasteiger partial charge in [-0.15, -0.1) is 0 Å². The van der Waals surface area contributed by atoms with Crippen LogP contribution in [0, 0.1) is 23.7 Å². The maximum absolute atomic E-state index is 15.0. The Balaban J connectivity index is 1.59. The van der Waals surface area contributed by atoms with Gasteiger partial charge in [-0.1, -0.05) is 116 Å². The van der Waals surface area contributed by atoms with Crippen LogP contribution in [0.25, 0.3) is 0 Å². The van der Waals surface area contributed by atoms with E-state index in [1.807, 2.05) is 64.1 Å². The van der Waals surface area contributed by atoms with E-state index in [0.717, 1.165) is 0 Å². The van der Waals surface area contributed by atoms with Crippen molar-refractivity contribution in [2.75, 3.05) is 26.2 Å². The first-order chi connectivity index (χ1) is 40.0. The minimum absolute atomic E-state index is 0.0318. The standard InChI is InChI=1S/C62H96N12O10/c1-37(2)33-45-55(77)69-47(35-41-21-11-9-12-22-41)61(83)73-31-19-27-49(73)57(79)72-52(40(7)8)60(82)66-44(26-16-18-30-64)54(76)68-46(34-38(3)4)56(78)70-48(36-42-23-13-10-14-24-42)62(84)74-32-20-28-50(74)58(80)71-51(39(5)6)59(81)65-43(53(75)67-45)25-15-17-29-63/h9-14,21-24,37-40,43-52H,15-20,25-36,63-64H2,1-8H3,(H,65,81)(H,66,82)(H,67,75)(H,68,76)(H,69,77)(H,70,78)(H,71,80)(H,72,79)/t43-,44-,45+,46+,47-,48-,49+,50+,51+,52+/m1/s1. The molecule has 0 bridgehead atoms. The average Bonchev–Trinajstić information content (AvgIpc) is 4.29. The van der Waals surface area contributed by atoms with Gasteiger partial charge < -0.3 is 63.8 Å². The highest BCUT2D eigenvalue weighted by atomic mass is 16.2. The molecule has 0 unspecified atom stereocenters. The van der Waals surface area contributed by atoms with Crippen LogP contribution in [0.3, 0.4) is 0 Å². The maximum Gasteiger partial charge on any atom is 0.246 e. The number of nitrogens with one attached hydrogen (secondary N) is 8. The van der Waals surface area contributed by atoms with E-state index in [0.29, 0.717) is 62.7 Å². The first kappa shape index (κ1) is 67.8. The summed E-state index contributed by atoms with van der Waals surface area (Å²) in [6.07, 6.45) is 3.88. The van der Waals surface area contributed by atoms with E-state index in [1.165, 1.54) is 9.80 Å². The van der Waals surface area contributed by atoms with E-state index in [9.17, 15) is 47.9 Å². The van der Waals surface area contributed by atoms with Crippen molar-refractivity contribution in [2.24, 2.45) is 35.1 Å². The van der Waals surface area contributed by atoms with Gasteiger partial charge in [-0.05, 0) is 125 Å². The molecule has 2 aromatic rings. The molecule has 5 rings (SSSR count). The highest BCUT2D eigenvalue weighted by Crippen LogP contribution is 2.24. The van der Waals surface area contributed by atoms with Gasteiger partial charge in [0, 0.05) is 25.9 Å². The van der Waals surface area contributed by atoms with E-state index in [1.54, 1.807) is 52.0 Å². The van der Waals surface area contributed by atoms with E-state index in [2.05, 4.69) is 42.5 Å². The fourth-order valence-corrected chi connectivity index (χ4v) is 11.2. The second kappa shape index (κ2) is 33.5. The molecule has 3 aliphatic heterocycles. The Morgan fingerprint density at radius 1 is 0.405 bits per heavy atom. The van der Waals surface area contributed by atoms with Crippen LogP contribution in [-0.4, -0.2) is 155 Å². The summed E-state index contributed by atoms with van der Waals surface area (Å²) in [7, 11) is 0. The zero-order valence-electron chi connectivity index (χ0n) is 50.7. The van der Waals surface area contributed by atoms with E-state index >= 15 is 0 Å². The third kappa shape index (κ3) is 20.1. The molecule has 3 heterocycles. The number of unbranched alkanes of at least 4 members (excludes halogenated alkanes) is 2. The van der Waals surface area contributed by atoms with Gasteiger partial charge in [-0.3, -0.25) is 47.9 Å². The molecule has 2 aromatic carbocycles. The van der Waals surface area contributed by atoms with Gasteiger partial charge in [0.1, 0.15) is 60.4 Å². The first-order valence-electron chi connectivity index (χ1n) is 30.5. The lowest BCUT2D eigenvalue weighted by Gasteiger charge is -2.33. The van der Waals surface area contributed by atoms with Crippen molar-refractivity contribution in [1.82, 2.24) is 52.3 Å². The number of carbonyl (C=O) groups excluding carboxylic acids is 10. The van der Waals surface area contributed by atoms with E-state index in [-0.39, 0.29) is 76.3 Å². The molecule has 3 fully saturated rings. The topological polar surface area (TPSA) is 325 Å². The fraction of sp³-hybridized carbons (Fsp3) is 0.645. The third-order valence-electron chi connectivity index (χ3n) is 15.8. The Bertz CT molecular complexity index is 2360. The summed E-state index contributed by atoms with van der Waals surface area (Å²) >= 11 is 0. The van der Waals surface area contributed by atoms with Gasteiger partial charge in [0.05, 0.1) is 0 Å². The normalized spacial score (nSPS) is 26.2. The highest BCUT2D eigenvalue weighted by molar-refractivity contribution is 6.00. The van der Waals surface area contributed by atoms with Crippen molar-refractivity contribution in [3.05, 3.63) is 71.8 Å². The Morgan fingerprint density at radius 2 is 0.726 bits per heavy atom. The number of rotatable bonds is 18. The second-order valence-electron chi connectivity index (χ2n) is 24.4. The van der Waals surface area contributed by atoms with Crippen LogP contribution in [0.1, 0.15) is 144 Å². The molecule has 0 saturated carbocycles. The fourth-order valence-electron chi connectivity index (χ4n) is 11.2. The van der Waals surface area contributed by atoms with Gasteiger partial charge in [-0.2, -0.15) is 0 Å². The summed E-state index contributed by atoms with van der Waals surface area (Å²) in [4.78, 5) is 149. The zero-order chi connectivity index (χ0) is 61.6. The quantitative estimate of drug-likeness (QED) is 0.0959. The molecule has 464 valence electrons. The summed E-state index contributed by atoms with van der Waals surface area (Å²) < 4.78 is 0. The van der Waals surface area contributed by atoms with Gasteiger partial charge in [-0.25, -0.2) is 0 Å². The van der Waals surface area contributed by atoms with E-state index < -0.39 is 131 Å². The molecular weight excluding hydrogens is 1070 g/mol. The summed E-state index contributed by atoms with van der Waals surface area (Å²) in [6, 6.07) is 6.45. The molecule has 84 heavy (non-hydrogen) atoms. The number of hydrogen-bond donors (Lipinski definition) is 10. The van der Waals surface area contributed by atoms with Crippen LogP contribution < -0.4 is 54.0 Å².